The van der Waals surface area contributed by atoms with Gasteiger partial charge in [-0.15, -0.1) is 0 Å². The summed E-state index contributed by atoms with van der Waals surface area (Å²) in [5.41, 5.74) is 4.75. The molecule has 1 N–H and O–H groups in total. The number of nitrogens with zero attached hydrogens (tertiary/aromatic N) is 2. The molecule has 0 bridgehead atoms. The second-order valence-electron chi connectivity index (χ2n) is 6.24. The number of hydrogen-bond donors (Lipinski definition) is 1. The lowest BCUT2D eigenvalue weighted by Gasteiger charge is -2.30. The lowest BCUT2D eigenvalue weighted by Crippen LogP contribution is -2.35. The third-order valence-electron chi connectivity index (χ3n) is 4.55. The first kappa shape index (κ1) is 15.6. The van der Waals surface area contributed by atoms with E-state index >= 15 is 0 Å². The van der Waals surface area contributed by atoms with Gasteiger partial charge in [0.15, 0.2) is 0 Å². The summed E-state index contributed by atoms with van der Waals surface area (Å²) in [5.74, 6) is 0. The van der Waals surface area contributed by atoms with Crippen molar-refractivity contribution in [2.24, 2.45) is 4.99 Å². The molecular weight excluding hydrogens is 282 g/mol. The molecule has 3 rings (SSSR count). The molecule has 0 saturated carbocycles. The third-order valence-corrected chi connectivity index (χ3v) is 4.55. The quantitative estimate of drug-likeness (QED) is 0.824. The van der Waals surface area contributed by atoms with Gasteiger partial charge in [-0.2, -0.15) is 0 Å². The van der Waals surface area contributed by atoms with Crippen molar-refractivity contribution in [3.63, 3.8) is 0 Å². The summed E-state index contributed by atoms with van der Waals surface area (Å²) in [4.78, 5) is 6.81. The van der Waals surface area contributed by atoms with Crippen molar-refractivity contribution in [2.45, 2.75) is 38.3 Å². The first-order valence-electron chi connectivity index (χ1n) is 8.35. The van der Waals surface area contributed by atoms with Gasteiger partial charge in [0, 0.05) is 49.2 Å². The molecule has 0 aromatic heterocycles. The second-order valence-corrected chi connectivity index (χ2v) is 6.24. The van der Waals surface area contributed by atoms with Gasteiger partial charge in [-0.25, -0.2) is 0 Å². The van der Waals surface area contributed by atoms with E-state index in [1.807, 2.05) is 12.3 Å². The maximum atomic E-state index is 4.40. The number of aliphatic imine (C=N–C) groups is 1. The predicted octanol–water partition coefficient (Wildman–Crippen LogP) is 4.02. The number of nitrogens with one attached hydrogen (secondary N) is 1. The van der Waals surface area contributed by atoms with E-state index in [9.17, 15) is 0 Å². The maximum absolute atomic E-state index is 4.40. The Bertz CT molecular complexity index is 628. The van der Waals surface area contributed by atoms with Gasteiger partial charge >= 0.3 is 0 Å². The summed E-state index contributed by atoms with van der Waals surface area (Å²) < 4.78 is 0. The largest absolute Gasteiger partial charge is 0.383 e. The Kier molecular flexibility index (Phi) is 4.96. The van der Waals surface area contributed by atoms with Crippen LogP contribution in [0.15, 0.2) is 72.2 Å². The third kappa shape index (κ3) is 3.92. The van der Waals surface area contributed by atoms with Crippen LogP contribution in [0.3, 0.4) is 0 Å². The van der Waals surface area contributed by atoms with Gasteiger partial charge in [-0.05, 0) is 18.4 Å². The number of hydrogen-bond acceptors (Lipinski definition) is 3. The molecule has 0 spiro atoms. The minimum atomic E-state index is 0.348. The van der Waals surface area contributed by atoms with E-state index in [-0.39, 0.29) is 0 Å². The zero-order valence-electron chi connectivity index (χ0n) is 13.7. The molecule has 1 unspecified atom stereocenters. The van der Waals surface area contributed by atoms with Crippen LogP contribution in [0.1, 0.15) is 31.2 Å². The first-order valence-corrected chi connectivity index (χ1v) is 8.35. The van der Waals surface area contributed by atoms with E-state index in [4.69, 9.17) is 0 Å². The second kappa shape index (κ2) is 7.32. The molecule has 1 atom stereocenters. The molecule has 1 aromatic rings. The van der Waals surface area contributed by atoms with Crippen LogP contribution in [-0.2, 0) is 6.54 Å². The van der Waals surface area contributed by atoms with Crippen LogP contribution in [0.25, 0.3) is 0 Å². The summed E-state index contributed by atoms with van der Waals surface area (Å²) in [6, 6.07) is 10.8. The Balaban J connectivity index is 1.55. The van der Waals surface area contributed by atoms with Gasteiger partial charge < -0.3 is 10.2 Å². The summed E-state index contributed by atoms with van der Waals surface area (Å²) in [7, 11) is 0. The average molecular weight is 307 g/mol. The topological polar surface area (TPSA) is 27.6 Å². The summed E-state index contributed by atoms with van der Waals surface area (Å²) >= 11 is 0. The van der Waals surface area contributed by atoms with Gasteiger partial charge in [0.05, 0.1) is 6.04 Å². The van der Waals surface area contributed by atoms with E-state index in [2.05, 4.69) is 58.7 Å². The number of likely N-dealkylation sites (tertiary alicyclic amines) is 1. The van der Waals surface area contributed by atoms with Crippen molar-refractivity contribution in [2.75, 3.05) is 6.54 Å². The molecule has 3 nitrogen and oxygen atoms in total. The van der Waals surface area contributed by atoms with Crippen LogP contribution in [-0.4, -0.2) is 23.2 Å². The van der Waals surface area contributed by atoms with E-state index < -0.39 is 0 Å². The highest BCUT2D eigenvalue weighted by molar-refractivity contribution is 5.89. The van der Waals surface area contributed by atoms with Crippen molar-refractivity contribution < 1.29 is 0 Å². The molecule has 0 amide bonds. The predicted molar refractivity (Wildman–Crippen MR) is 97.1 cm³/mol. The van der Waals surface area contributed by atoms with Crippen molar-refractivity contribution >= 4 is 5.71 Å². The van der Waals surface area contributed by atoms with Crippen LogP contribution < -0.4 is 5.32 Å². The SMILES string of the molecule is C=C(NCc1ccccc1)C1CCCN1C(=C)CC1=NC=CC1. The van der Waals surface area contributed by atoms with Crippen molar-refractivity contribution in [3.8, 4) is 0 Å². The zero-order chi connectivity index (χ0) is 16.1. The van der Waals surface area contributed by atoms with Gasteiger partial charge in [-0.1, -0.05) is 49.6 Å². The fourth-order valence-corrected chi connectivity index (χ4v) is 3.29. The monoisotopic (exact) mass is 307 g/mol. The van der Waals surface area contributed by atoms with Crippen LogP contribution in [0.5, 0.6) is 0 Å². The minimum absolute atomic E-state index is 0.348. The van der Waals surface area contributed by atoms with Gasteiger partial charge in [-0.3, -0.25) is 4.99 Å². The molecular formula is C20H25N3. The fourth-order valence-electron chi connectivity index (χ4n) is 3.29. The molecule has 0 aliphatic carbocycles. The molecule has 1 fully saturated rings. The summed E-state index contributed by atoms with van der Waals surface area (Å²) in [6.45, 7) is 10.5. The number of allylic oxidation sites excluding steroid dienone is 2. The van der Waals surface area contributed by atoms with E-state index in [1.54, 1.807) is 0 Å². The minimum Gasteiger partial charge on any atom is -0.383 e. The number of rotatable bonds is 7. The van der Waals surface area contributed by atoms with Crippen LogP contribution in [0, 0.1) is 0 Å². The molecule has 23 heavy (non-hydrogen) atoms. The van der Waals surface area contributed by atoms with E-state index in [0.717, 1.165) is 43.7 Å². The highest BCUT2D eigenvalue weighted by Crippen LogP contribution is 2.27. The van der Waals surface area contributed by atoms with Crippen molar-refractivity contribution in [3.05, 3.63) is 72.7 Å². The van der Waals surface area contributed by atoms with Crippen LogP contribution in [0.4, 0.5) is 0 Å². The van der Waals surface area contributed by atoms with Crippen molar-refractivity contribution in [1.29, 1.82) is 0 Å². The molecule has 2 aliphatic rings. The standard InChI is InChI=1S/C20H25N3/c1-16(14-19-10-6-12-21-19)23-13-7-11-20(23)17(2)22-15-18-8-4-3-5-9-18/h3-6,8-9,12,20,22H,1-2,7,10-11,13-15H2. The van der Waals surface area contributed by atoms with Crippen LogP contribution in [0.2, 0.25) is 0 Å². The fraction of sp³-hybridized carbons (Fsp3) is 0.350. The summed E-state index contributed by atoms with van der Waals surface area (Å²) in [5, 5.41) is 3.50. The Morgan fingerprint density at radius 2 is 2.09 bits per heavy atom. The van der Waals surface area contributed by atoms with E-state index in [0.29, 0.717) is 6.04 Å². The van der Waals surface area contributed by atoms with Gasteiger partial charge in [0.2, 0.25) is 0 Å². The Morgan fingerprint density at radius 1 is 1.26 bits per heavy atom. The zero-order valence-corrected chi connectivity index (χ0v) is 13.7. The van der Waals surface area contributed by atoms with Gasteiger partial charge in [0.25, 0.3) is 0 Å². The first-order chi connectivity index (χ1) is 11.2. The molecule has 1 aromatic carbocycles. The van der Waals surface area contributed by atoms with E-state index in [1.165, 1.54) is 17.7 Å². The highest BCUT2D eigenvalue weighted by Gasteiger charge is 2.28. The molecule has 2 heterocycles. The van der Waals surface area contributed by atoms with Crippen molar-refractivity contribution in [1.82, 2.24) is 10.2 Å². The lowest BCUT2D eigenvalue weighted by molar-refractivity contribution is 0.340. The smallest absolute Gasteiger partial charge is 0.0680 e. The Hall–Kier alpha value is -2.29. The average Bonchev–Trinajstić information content (AvgIpc) is 3.24. The molecule has 0 radical (unpaired) electrons. The lowest BCUT2D eigenvalue weighted by atomic mass is 10.1. The highest BCUT2D eigenvalue weighted by atomic mass is 15.2. The Labute approximate surface area is 139 Å². The van der Waals surface area contributed by atoms with Gasteiger partial charge in [0.1, 0.15) is 0 Å². The molecule has 1 saturated heterocycles. The van der Waals surface area contributed by atoms with Crippen LogP contribution >= 0.6 is 0 Å². The molecule has 120 valence electrons. The molecule has 2 aliphatic heterocycles. The normalized spacial score (nSPS) is 19.7. The number of benzene rings is 1. The maximum Gasteiger partial charge on any atom is 0.0680 e. The molecule has 3 heteroatoms. The summed E-state index contributed by atoms with van der Waals surface area (Å²) in [6.07, 6.45) is 8.17. The Morgan fingerprint density at radius 3 is 2.83 bits per heavy atom.